The molecule has 1 unspecified atom stereocenters. The molecular formula is C29H26ClN5OS. The van der Waals surface area contributed by atoms with Crippen molar-refractivity contribution in [1.82, 2.24) is 19.7 Å². The first kappa shape index (κ1) is 25.0. The summed E-state index contributed by atoms with van der Waals surface area (Å²) in [6.07, 6.45) is 0.709. The van der Waals surface area contributed by atoms with Crippen LogP contribution in [0, 0.1) is 6.92 Å². The van der Waals surface area contributed by atoms with Gasteiger partial charge in [-0.3, -0.25) is 4.79 Å². The van der Waals surface area contributed by atoms with Gasteiger partial charge < -0.3 is 5.32 Å². The van der Waals surface area contributed by atoms with Gasteiger partial charge in [-0.1, -0.05) is 84.9 Å². The van der Waals surface area contributed by atoms with Crippen LogP contribution in [0.5, 0.6) is 0 Å². The lowest BCUT2D eigenvalue weighted by Crippen LogP contribution is -2.23. The molecule has 0 aliphatic heterocycles. The first-order chi connectivity index (χ1) is 18.0. The summed E-state index contributed by atoms with van der Waals surface area (Å²) in [5.41, 5.74) is 4.97. The fourth-order valence-corrected chi connectivity index (χ4v) is 5.19. The number of halogens is 1. The normalized spacial score (nSPS) is 12.0. The number of thioether (sulfide) groups is 1. The number of para-hydroxylation sites is 1. The molecule has 2 heterocycles. The largest absolute Gasteiger partial charge is 0.325 e. The molecule has 0 aliphatic rings. The van der Waals surface area contributed by atoms with E-state index in [9.17, 15) is 4.79 Å². The van der Waals surface area contributed by atoms with Crippen molar-refractivity contribution in [3.63, 3.8) is 0 Å². The zero-order valence-electron chi connectivity index (χ0n) is 20.8. The Morgan fingerprint density at radius 3 is 2.41 bits per heavy atom. The maximum atomic E-state index is 13.2. The highest BCUT2D eigenvalue weighted by molar-refractivity contribution is 8.00. The molecule has 0 radical (unpaired) electrons. The second-order valence-corrected chi connectivity index (χ2v) is 10.4. The van der Waals surface area contributed by atoms with E-state index >= 15 is 0 Å². The predicted molar refractivity (Wildman–Crippen MR) is 152 cm³/mol. The third-order valence-electron chi connectivity index (χ3n) is 6.12. The lowest BCUT2D eigenvalue weighted by molar-refractivity contribution is -0.115. The zero-order chi connectivity index (χ0) is 25.9. The van der Waals surface area contributed by atoms with E-state index in [4.69, 9.17) is 26.7 Å². The van der Waals surface area contributed by atoms with Crippen LogP contribution in [0.3, 0.4) is 0 Å². The summed E-state index contributed by atoms with van der Waals surface area (Å²) in [6.45, 7) is 5.83. The van der Waals surface area contributed by atoms with E-state index in [0.717, 1.165) is 38.6 Å². The van der Waals surface area contributed by atoms with E-state index in [0.29, 0.717) is 23.0 Å². The van der Waals surface area contributed by atoms with E-state index in [1.807, 2.05) is 97.4 Å². The lowest BCUT2D eigenvalue weighted by Gasteiger charge is -2.15. The summed E-state index contributed by atoms with van der Waals surface area (Å²) in [4.78, 5) is 23.1. The number of fused-ring (bicyclic) bond motifs is 1. The van der Waals surface area contributed by atoms with Gasteiger partial charge in [0.25, 0.3) is 0 Å². The maximum absolute atomic E-state index is 13.2. The van der Waals surface area contributed by atoms with Gasteiger partial charge in [-0.25, -0.2) is 14.6 Å². The van der Waals surface area contributed by atoms with Crippen LogP contribution < -0.4 is 5.32 Å². The summed E-state index contributed by atoms with van der Waals surface area (Å²) in [5.74, 6) is 0.463. The fraction of sp³-hybridized carbons (Fsp3) is 0.172. The highest BCUT2D eigenvalue weighted by Crippen LogP contribution is 2.35. The van der Waals surface area contributed by atoms with Crippen molar-refractivity contribution in [2.75, 3.05) is 5.32 Å². The fourth-order valence-electron chi connectivity index (χ4n) is 4.05. The number of carbonyl (C=O) groups excluding carboxylic acids is 1. The van der Waals surface area contributed by atoms with Gasteiger partial charge in [0.05, 0.1) is 22.0 Å². The smallest absolute Gasteiger partial charge is 0.237 e. The van der Waals surface area contributed by atoms with Gasteiger partial charge in [-0.05, 0) is 50.1 Å². The number of amides is 1. The molecule has 5 aromatic rings. The number of benzene rings is 3. The van der Waals surface area contributed by atoms with E-state index in [1.165, 1.54) is 11.8 Å². The number of anilines is 1. The molecule has 8 heteroatoms. The molecule has 186 valence electrons. The quantitative estimate of drug-likeness (QED) is 0.180. The van der Waals surface area contributed by atoms with Gasteiger partial charge >= 0.3 is 0 Å². The third kappa shape index (κ3) is 5.10. The van der Waals surface area contributed by atoms with E-state index in [-0.39, 0.29) is 5.91 Å². The molecule has 1 atom stereocenters. The maximum Gasteiger partial charge on any atom is 0.237 e. The van der Waals surface area contributed by atoms with Crippen molar-refractivity contribution in [2.24, 2.45) is 0 Å². The second-order valence-electron chi connectivity index (χ2n) is 8.63. The van der Waals surface area contributed by atoms with Crippen LogP contribution in [0.25, 0.3) is 28.1 Å². The molecule has 1 N–H and O–H groups in total. The van der Waals surface area contributed by atoms with Crippen LogP contribution in [-0.2, 0) is 11.2 Å². The summed E-state index contributed by atoms with van der Waals surface area (Å²) >= 11 is 7.66. The molecule has 6 nitrogen and oxygen atoms in total. The first-order valence-electron chi connectivity index (χ1n) is 12.1. The number of hydrogen-bond donors (Lipinski definition) is 1. The van der Waals surface area contributed by atoms with Crippen molar-refractivity contribution < 1.29 is 4.79 Å². The molecule has 2 aromatic heterocycles. The minimum atomic E-state index is -0.426. The van der Waals surface area contributed by atoms with E-state index < -0.39 is 5.25 Å². The molecule has 0 saturated heterocycles. The Balaban J connectivity index is 1.59. The second kappa shape index (κ2) is 10.7. The van der Waals surface area contributed by atoms with E-state index in [2.05, 4.69) is 12.2 Å². The molecule has 0 spiro atoms. The summed E-state index contributed by atoms with van der Waals surface area (Å²) in [6, 6.07) is 25.3. The molecule has 0 aliphatic carbocycles. The monoisotopic (exact) mass is 527 g/mol. The van der Waals surface area contributed by atoms with Gasteiger partial charge in [0, 0.05) is 16.3 Å². The van der Waals surface area contributed by atoms with Gasteiger partial charge in [0.1, 0.15) is 5.03 Å². The van der Waals surface area contributed by atoms with Crippen LogP contribution in [0.4, 0.5) is 5.69 Å². The summed E-state index contributed by atoms with van der Waals surface area (Å²) in [7, 11) is 0. The molecule has 3 aromatic carbocycles. The Bertz CT molecular complexity index is 1570. The molecular weight excluding hydrogens is 502 g/mol. The van der Waals surface area contributed by atoms with Crippen LogP contribution in [0.1, 0.15) is 25.1 Å². The Morgan fingerprint density at radius 1 is 1.00 bits per heavy atom. The van der Waals surface area contributed by atoms with E-state index in [1.54, 1.807) is 0 Å². The minimum Gasteiger partial charge on any atom is -0.325 e. The zero-order valence-corrected chi connectivity index (χ0v) is 22.3. The van der Waals surface area contributed by atoms with Crippen LogP contribution >= 0.6 is 23.4 Å². The molecule has 5 rings (SSSR count). The Hall–Kier alpha value is -3.68. The molecule has 0 bridgehead atoms. The number of aryl methyl sites for hydroxylation is 1. The number of nitrogens with zero attached hydrogens (tertiary/aromatic N) is 4. The number of carbonyl (C=O) groups is 1. The highest BCUT2D eigenvalue weighted by Gasteiger charge is 2.24. The molecule has 0 saturated carbocycles. The third-order valence-corrected chi connectivity index (χ3v) is 7.61. The number of rotatable bonds is 7. The van der Waals surface area contributed by atoms with Gasteiger partial charge in [0.15, 0.2) is 11.5 Å². The molecule has 37 heavy (non-hydrogen) atoms. The van der Waals surface area contributed by atoms with Gasteiger partial charge in [0.2, 0.25) is 5.91 Å². The van der Waals surface area contributed by atoms with Crippen molar-refractivity contribution in [3.8, 4) is 17.1 Å². The van der Waals surface area contributed by atoms with Crippen LogP contribution in [-0.4, -0.2) is 30.9 Å². The van der Waals surface area contributed by atoms with Crippen molar-refractivity contribution in [3.05, 3.63) is 95.1 Å². The Kier molecular flexibility index (Phi) is 7.26. The molecule has 1 amide bonds. The lowest BCUT2D eigenvalue weighted by atomic mass is 10.2. The van der Waals surface area contributed by atoms with Crippen molar-refractivity contribution in [2.45, 2.75) is 37.5 Å². The molecule has 0 fully saturated rings. The van der Waals surface area contributed by atoms with Crippen molar-refractivity contribution in [1.29, 1.82) is 0 Å². The first-order valence-corrected chi connectivity index (χ1v) is 13.3. The predicted octanol–water partition coefficient (Wildman–Crippen LogP) is 7.13. The average Bonchev–Trinajstić information content (AvgIpc) is 3.31. The van der Waals surface area contributed by atoms with Gasteiger partial charge in [-0.15, -0.1) is 0 Å². The topological polar surface area (TPSA) is 72.7 Å². The van der Waals surface area contributed by atoms with Gasteiger partial charge in [-0.2, -0.15) is 5.10 Å². The highest BCUT2D eigenvalue weighted by atomic mass is 35.5. The average molecular weight is 528 g/mol. The van der Waals surface area contributed by atoms with Crippen LogP contribution in [0.2, 0.25) is 5.02 Å². The summed E-state index contributed by atoms with van der Waals surface area (Å²) < 4.78 is 1.87. The number of nitrogens with one attached hydrogen (secondary N) is 1. The minimum absolute atomic E-state index is 0.128. The van der Waals surface area contributed by atoms with Crippen molar-refractivity contribution >= 4 is 46.0 Å². The Morgan fingerprint density at radius 2 is 1.70 bits per heavy atom. The Labute approximate surface area is 225 Å². The standard InChI is InChI=1S/C29H26ClN5OS/c1-4-23-25-27(35(34-23)21-14-9-6-10-15-21)32-26(20-12-7-5-8-13-20)33-29(25)37-19(3)28(36)31-24-17-11-16-22(30)18(24)2/h5-17,19H,4H2,1-3H3,(H,31,36). The number of hydrogen-bond acceptors (Lipinski definition) is 5. The van der Waals surface area contributed by atoms with Crippen LogP contribution in [0.15, 0.2) is 83.9 Å². The summed E-state index contributed by atoms with van der Waals surface area (Å²) in [5, 5.41) is 9.71. The number of aromatic nitrogens is 4. The SMILES string of the molecule is CCc1nn(-c2ccccc2)c2nc(-c3ccccc3)nc(SC(C)C(=O)Nc3cccc(Cl)c3C)c12.